The van der Waals surface area contributed by atoms with E-state index in [9.17, 15) is 4.79 Å². The fourth-order valence-electron chi connectivity index (χ4n) is 4.20. The molecule has 0 radical (unpaired) electrons. The number of rotatable bonds is 9. The Kier molecular flexibility index (Phi) is 6.90. The molecule has 2 N–H and O–H groups in total. The van der Waals surface area contributed by atoms with E-state index in [2.05, 4.69) is 62.9 Å². The highest BCUT2D eigenvalue weighted by atomic mass is 32.1. The van der Waals surface area contributed by atoms with Crippen molar-refractivity contribution in [2.24, 2.45) is 0 Å². The first-order valence-electron chi connectivity index (χ1n) is 11.8. The second kappa shape index (κ2) is 10.6. The zero-order valence-electron chi connectivity index (χ0n) is 19.5. The van der Waals surface area contributed by atoms with Gasteiger partial charge in [-0.1, -0.05) is 67.9 Å². The normalized spacial score (nSPS) is 11.1. The van der Waals surface area contributed by atoms with Gasteiger partial charge in [0.2, 0.25) is 5.82 Å². The van der Waals surface area contributed by atoms with E-state index in [0.29, 0.717) is 18.7 Å². The molecule has 0 aliphatic carbocycles. The molecular weight excluding hydrogens is 456 g/mol. The van der Waals surface area contributed by atoms with Crippen molar-refractivity contribution in [1.82, 2.24) is 30.6 Å². The van der Waals surface area contributed by atoms with Gasteiger partial charge in [-0.05, 0) is 46.2 Å². The largest absolute Gasteiger partial charge is 0.310 e. The van der Waals surface area contributed by atoms with Gasteiger partial charge in [0.25, 0.3) is 5.56 Å². The van der Waals surface area contributed by atoms with Crippen LogP contribution in [0.25, 0.3) is 22.5 Å². The van der Waals surface area contributed by atoms with Crippen molar-refractivity contribution < 1.29 is 0 Å². The molecule has 3 heterocycles. The van der Waals surface area contributed by atoms with Crippen LogP contribution in [0.4, 0.5) is 0 Å². The molecule has 0 aliphatic rings. The molecule has 0 bridgehead atoms. The molecular formula is C27H26N6OS. The van der Waals surface area contributed by atoms with Crippen molar-refractivity contribution in [3.05, 3.63) is 104 Å². The summed E-state index contributed by atoms with van der Waals surface area (Å²) in [6.45, 7) is 2.16. The first-order valence-corrected chi connectivity index (χ1v) is 12.6. The molecule has 8 heteroatoms. The highest BCUT2D eigenvalue weighted by molar-refractivity contribution is 7.09. The summed E-state index contributed by atoms with van der Waals surface area (Å²) >= 11 is 1.68. The van der Waals surface area contributed by atoms with Gasteiger partial charge >= 0.3 is 0 Å². The highest BCUT2D eigenvalue weighted by Crippen LogP contribution is 2.30. The van der Waals surface area contributed by atoms with E-state index >= 15 is 0 Å². The summed E-state index contributed by atoms with van der Waals surface area (Å²) in [5, 5.41) is 16.5. The van der Waals surface area contributed by atoms with E-state index < -0.39 is 0 Å². The summed E-state index contributed by atoms with van der Waals surface area (Å²) in [6.07, 6.45) is 4.08. The van der Waals surface area contributed by atoms with Gasteiger partial charge in [0.1, 0.15) is 5.82 Å². The first-order chi connectivity index (χ1) is 17.2. The van der Waals surface area contributed by atoms with E-state index in [-0.39, 0.29) is 5.56 Å². The molecule has 0 amide bonds. The minimum absolute atomic E-state index is 0.0378. The topological polar surface area (TPSA) is 100 Å². The number of thiophene rings is 1. The molecule has 0 saturated carbocycles. The standard InChI is InChI=1S/C27H26N6OS/c1-2-3-10-24-23(27(34)29-25(28-24)17-20-7-6-15-35-20)16-18-11-13-19(14-12-18)21-8-4-5-9-22(21)26-30-32-33-31-26/h4-9,11-15H,2-3,10,16-17H2,1H3,(H,28,29,34)(H,30,31,32,33). The van der Waals surface area contributed by atoms with Gasteiger partial charge in [0.05, 0.1) is 5.69 Å². The minimum Gasteiger partial charge on any atom is -0.310 e. The van der Waals surface area contributed by atoms with Gasteiger partial charge in [0, 0.05) is 28.8 Å². The molecule has 35 heavy (non-hydrogen) atoms. The zero-order valence-corrected chi connectivity index (χ0v) is 20.3. The van der Waals surface area contributed by atoms with E-state index in [4.69, 9.17) is 4.98 Å². The van der Waals surface area contributed by atoms with Gasteiger partial charge in [0.15, 0.2) is 0 Å². The number of unbranched alkanes of at least 4 members (excludes halogenated alkanes) is 1. The Hall–Kier alpha value is -3.91. The van der Waals surface area contributed by atoms with E-state index in [1.54, 1.807) is 11.3 Å². The number of hydrogen-bond acceptors (Lipinski definition) is 6. The lowest BCUT2D eigenvalue weighted by atomic mass is 9.96. The van der Waals surface area contributed by atoms with Gasteiger partial charge in [-0.2, -0.15) is 5.21 Å². The van der Waals surface area contributed by atoms with Crippen LogP contribution in [0.5, 0.6) is 0 Å². The molecule has 0 saturated heterocycles. The smallest absolute Gasteiger partial charge is 0.254 e. The van der Waals surface area contributed by atoms with Crippen LogP contribution in [0.15, 0.2) is 70.8 Å². The van der Waals surface area contributed by atoms with Crippen LogP contribution in [0.3, 0.4) is 0 Å². The Bertz CT molecular complexity index is 1440. The number of nitrogens with one attached hydrogen (secondary N) is 2. The van der Waals surface area contributed by atoms with Crippen LogP contribution in [0.2, 0.25) is 0 Å². The Labute approximate surface area is 207 Å². The number of tetrazole rings is 1. The molecule has 5 aromatic rings. The molecule has 0 aliphatic heterocycles. The number of benzene rings is 2. The SMILES string of the molecule is CCCCc1nc(Cc2cccs2)[nH]c(=O)c1Cc1ccc(-c2ccccc2-c2nn[nH]n2)cc1. The lowest BCUT2D eigenvalue weighted by Gasteiger charge is -2.11. The van der Waals surface area contributed by atoms with Gasteiger partial charge in [-0.25, -0.2) is 4.98 Å². The predicted molar refractivity (Wildman–Crippen MR) is 138 cm³/mol. The fraction of sp³-hybridized carbons (Fsp3) is 0.222. The highest BCUT2D eigenvalue weighted by Gasteiger charge is 2.14. The second-order valence-corrected chi connectivity index (χ2v) is 9.48. The molecule has 3 aromatic heterocycles. The molecule has 0 atom stereocenters. The number of aromatic nitrogens is 6. The summed E-state index contributed by atoms with van der Waals surface area (Å²) < 4.78 is 0. The maximum atomic E-state index is 13.1. The monoisotopic (exact) mass is 482 g/mol. The van der Waals surface area contributed by atoms with Crippen molar-refractivity contribution in [2.45, 2.75) is 39.0 Å². The average molecular weight is 483 g/mol. The summed E-state index contributed by atoms with van der Waals surface area (Å²) in [7, 11) is 0. The molecule has 176 valence electrons. The molecule has 5 rings (SSSR count). The number of aryl methyl sites for hydroxylation is 1. The summed E-state index contributed by atoms with van der Waals surface area (Å²) in [5.74, 6) is 1.30. The maximum absolute atomic E-state index is 13.1. The van der Waals surface area contributed by atoms with E-state index in [1.807, 2.05) is 35.7 Å². The van der Waals surface area contributed by atoms with E-state index in [1.165, 1.54) is 4.88 Å². The third kappa shape index (κ3) is 5.27. The maximum Gasteiger partial charge on any atom is 0.254 e. The van der Waals surface area contributed by atoms with Crippen LogP contribution in [0.1, 0.15) is 47.3 Å². The Balaban J connectivity index is 1.42. The lowest BCUT2D eigenvalue weighted by Crippen LogP contribution is -2.21. The third-order valence-electron chi connectivity index (χ3n) is 6.00. The van der Waals surface area contributed by atoms with Gasteiger partial charge in [-0.3, -0.25) is 4.79 Å². The summed E-state index contributed by atoms with van der Waals surface area (Å²) in [4.78, 5) is 22.2. The molecule has 0 spiro atoms. The summed E-state index contributed by atoms with van der Waals surface area (Å²) in [5.41, 5.74) is 5.70. The molecule has 0 unspecified atom stereocenters. The average Bonchev–Trinajstić information content (AvgIpc) is 3.60. The quantitative estimate of drug-likeness (QED) is 0.301. The van der Waals surface area contributed by atoms with Crippen molar-refractivity contribution in [1.29, 1.82) is 0 Å². The Morgan fingerprint density at radius 3 is 2.49 bits per heavy atom. The van der Waals surface area contributed by atoms with Crippen molar-refractivity contribution in [3.8, 4) is 22.5 Å². The first kappa shape index (κ1) is 22.9. The summed E-state index contributed by atoms with van der Waals surface area (Å²) in [6, 6.07) is 20.4. The third-order valence-corrected chi connectivity index (χ3v) is 6.87. The minimum atomic E-state index is -0.0378. The van der Waals surface area contributed by atoms with Crippen molar-refractivity contribution in [3.63, 3.8) is 0 Å². The Morgan fingerprint density at radius 2 is 1.77 bits per heavy atom. The van der Waals surface area contributed by atoms with Gasteiger partial charge < -0.3 is 4.98 Å². The van der Waals surface area contributed by atoms with E-state index in [0.717, 1.165) is 58.6 Å². The number of hydrogen-bond donors (Lipinski definition) is 2. The molecule has 2 aromatic carbocycles. The van der Waals surface area contributed by atoms with Crippen LogP contribution >= 0.6 is 11.3 Å². The van der Waals surface area contributed by atoms with Crippen LogP contribution < -0.4 is 5.56 Å². The van der Waals surface area contributed by atoms with Crippen molar-refractivity contribution >= 4 is 11.3 Å². The Morgan fingerprint density at radius 1 is 0.943 bits per heavy atom. The molecule has 7 nitrogen and oxygen atoms in total. The van der Waals surface area contributed by atoms with Crippen LogP contribution in [-0.2, 0) is 19.3 Å². The van der Waals surface area contributed by atoms with Gasteiger partial charge in [-0.15, -0.1) is 21.5 Å². The zero-order chi connectivity index (χ0) is 24.0. The van der Waals surface area contributed by atoms with Crippen LogP contribution in [-0.4, -0.2) is 30.6 Å². The second-order valence-electron chi connectivity index (χ2n) is 8.45. The van der Waals surface area contributed by atoms with Crippen molar-refractivity contribution in [2.75, 3.05) is 0 Å². The number of H-pyrrole nitrogens is 2. The van der Waals surface area contributed by atoms with Crippen LogP contribution in [0, 0.1) is 0 Å². The number of aromatic amines is 2. The lowest BCUT2D eigenvalue weighted by molar-refractivity contribution is 0.747. The fourth-order valence-corrected chi connectivity index (χ4v) is 4.91. The number of nitrogens with zero attached hydrogens (tertiary/aromatic N) is 4. The predicted octanol–water partition coefficient (Wildman–Crippen LogP) is 5.20. The molecule has 0 fully saturated rings.